The smallest absolute Gasteiger partial charge is 0.123 e. The number of halogens is 2. The minimum Gasteiger partial charge on any atom is -0.330 e. The van der Waals surface area contributed by atoms with Crippen molar-refractivity contribution >= 4 is 0 Å². The Morgan fingerprint density at radius 1 is 0.543 bits per heavy atom. The van der Waals surface area contributed by atoms with Crippen LogP contribution in [0.1, 0.15) is 58.3 Å². The highest BCUT2D eigenvalue weighted by molar-refractivity contribution is 5.34. The van der Waals surface area contributed by atoms with E-state index in [2.05, 4.69) is 31.2 Å². The average molecular weight is 611 g/mol. The summed E-state index contributed by atoms with van der Waals surface area (Å²) in [7, 11) is 0. The van der Waals surface area contributed by atoms with E-state index in [9.17, 15) is 8.78 Å². The van der Waals surface area contributed by atoms with Crippen LogP contribution in [0.5, 0.6) is 0 Å². The van der Waals surface area contributed by atoms with E-state index in [4.69, 9.17) is 10.5 Å². The Labute approximate surface area is 267 Å². The second kappa shape index (κ2) is 15.7. The second-order valence-corrected chi connectivity index (χ2v) is 10.8. The molecule has 0 aliphatic carbocycles. The molecule has 6 rings (SSSR count). The summed E-state index contributed by atoms with van der Waals surface area (Å²) in [6.45, 7) is 0. The van der Waals surface area contributed by atoms with E-state index in [0.29, 0.717) is 11.1 Å². The van der Waals surface area contributed by atoms with Gasteiger partial charge in [0.2, 0.25) is 0 Å². The van der Waals surface area contributed by atoms with Gasteiger partial charge in [-0.25, -0.2) is 18.7 Å². The maximum atomic E-state index is 13.0. The molecule has 2 aromatic heterocycles. The lowest BCUT2D eigenvalue weighted by molar-refractivity contribution is 0.539. The number of aromatic nitrogens is 4. The molecular formula is C38H32F2N6. The van der Waals surface area contributed by atoms with E-state index in [1.807, 2.05) is 85.2 Å². The van der Waals surface area contributed by atoms with Crippen molar-refractivity contribution in [2.24, 2.45) is 0 Å². The molecule has 0 radical (unpaired) electrons. The predicted octanol–water partition coefficient (Wildman–Crippen LogP) is 8.23. The zero-order valence-corrected chi connectivity index (χ0v) is 25.1. The number of aryl methyl sites for hydroxylation is 2. The number of nitrogens with zero attached hydrogens (tertiary/aromatic N) is 6. The summed E-state index contributed by atoms with van der Waals surface area (Å²) in [6, 6.07) is 33.0. The van der Waals surface area contributed by atoms with Gasteiger partial charge in [-0.1, -0.05) is 48.5 Å². The van der Waals surface area contributed by atoms with E-state index in [-0.39, 0.29) is 23.7 Å². The summed E-state index contributed by atoms with van der Waals surface area (Å²) in [6.07, 6.45) is 14.4. The Balaban J connectivity index is 0.000000181. The number of hydrogen-bond donors (Lipinski definition) is 0. The molecule has 46 heavy (non-hydrogen) atoms. The first-order chi connectivity index (χ1) is 22.5. The minimum absolute atomic E-state index is 0.135. The Hall–Kier alpha value is -5.86. The number of imidazole rings is 2. The third kappa shape index (κ3) is 8.62. The van der Waals surface area contributed by atoms with Gasteiger partial charge >= 0.3 is 0 Å². The van der Waals surface area contributed by atoms with Gasteiger partial charge in [0, 0.05) is 24.8 Å². The van der Waals surface area contributed by atoms with Gasteiger partial charge in [-0.05, 0) is 96.5 Å². The van der Waals surface area contributed by atoms with Gasteiger partial charge in [-0.15, -0.1) is 0 Å². The van der Waals surface area contributed by atoms with Gasteiger partial charge in [0.1, 0.15) is 11.6 Å². The Morgan fingerprint density at radius 2 is 0.913 bits per heavy atom. The first-order valence-corrected chi connectivity index (χ1v) is 15.0. The lowest BCUT2D eigenvalue weighted by Crippen LogP contribution is -2.10. The van der Waals surface area contributed by atoms with Gasteiger partial charge in [-0.3, -0.25) is 0 Å². The van der Waals surface area contributed by atoms with Crippen LogP contribution in [0.2, 0.25) is 0 Å². The molecule has 0 bridgehead atoms. The van der Waals surface area contributed by atoms with E-state index in [0.717, 1.165) is 47.9 Å². The first-order valence-electron chi connectivity index (χ1n) is 15.0. The summed E-state index contributed by atoms with van der Waals surface area (Å²) in [4.78, 5) is 8.26. The number of benzene rings is 4. The fourth-order valence-corrected chi connectivity index (χ4v) is 5.35. The molecule has 0 saturated carbocycles. The molecule has 2 atom stereocenters. The van der Waals surface area contributed by atoms with Crippen LogP contribution < -0.4 is 0 Å². The quantitative estimate of drug-likeness (QED) is 0.156. The van der Waals surface area contributed by atoms with Crippen molar-refractivity contribution in [2.75, 3.05) is 0 Å². The monoisotopic (exact) mass is 610 g/mol. The molecule has 2 unspecified atom stereocenters. The first kappa shape index (κ1) is 31.6. The largest absolute Gasteiger partial charge is 0.330 e. The predicted molar refractivity (Wildman–Crippen MR) is 172 cm³/mol. The van der Waals surface area contributed by atoms with Gasteiger partial charge in [0.25, 0.3) is 0 Å². The maximum absolute atomic E-state index is 13.0. The van der Waals surface area contributed by atoms with Crippen molar-refractivity contribution in [3.63, 3.8) is 0 Å². The summed E-state index contributed by atoms with van der Waals surface area (Å²) in [5.41, 5.74) is 5.76. The van der Waals surface area contributed by atoms with Crippen LogP contribution in [0.4, 0.5) is 8.78 Å². The lowest BCUT2D eigenvalue weighted by atomic mass is 9.98. The molecule has 0 aliphatic heterocycles. The molecule has 8 heteroatoms. The average Bonchev–Trinajstić information content (AvgIpc) is 3.84. The molecular weight excluding hydrogens is 578 g/mol. The highest BCUT2D eigenvalue weighted by atomic mass is 19.1. The zero-order valence-electron chi connectivity index (χ0n) is 25.1. The van der Waals surface area contributed by atoms with Gasteiger partial charge in [0.15, 0.2) is 0 Å². The molecule has 2 heterocycles. The number of hydrogen-bond acceptors (Lipinski definition) is 4. The Bertz CT molecular complexity index is 1710. The molecule has 0 aliphatic rings. The Morgan fingerprint density at radius 3 is 1.22 bits per heavy atom. The summed E-state index contributed by atoms with van der Waals surface area (Å²) in [5, 5.41) is 17.9. The third-order valence-corrected chi connectivity index (χ3v) is 7.86. The fraction of sp³-hybridized carbons (Fsp3) is 0.158. The summed E-state index contributed by atoms with van der Waals surface area (Å²) < 4.78 is 30.1. The maximum Gasteiger partial charge on any atom is 0.123 e. The zero-order chi connectivity index (χ0) is 32.1. The van der Waals surface area contributed by atoms with Gasteiger partial charge in [0.05, 0.1) is 48.0 Å². The normalized spacial score (nSPS) is 11.8. The van der Waals surface area contributed by atoms with Crippen LogP contribution in [0, 0.1) is 34.3 Å². The van der Waals surface area contributed by atoms with Crippen molar-refractivity contribution in [3.05, 3.63) is 180 Å². The van der Waals surface area contributed by atoms with Crippen LogP contribution in [-0.2, 0) is 12.8 Å². The van der Waals surface area contributed by atoms with Crippen molar-refractivity contribution < 1.29 is 8.78 Å². The van der Waals surface area contributed by atoms with E-state index >= 15 is 0 Å². The van der Waals surface area contributed by atoms with E-state index in [1.54, 1.807) is 25.0 Å². The molecule has 6 aromatic rings. The van der Waals surface area contributed by atoms with Crippen LogP contribution in [-0.4, -0.2) is 19.1 Å². The Kier molecular flexibility index (Phi) is 10.8. The molecule has 6 nitrogen and oxygen atoms in total. The molecule has 0 fully saturated rings. The topological polar surface area (TPSA) is 83.2 Å². The standard InChI is InChI=1S/2C19H16FN3/c2*20-18-8-3-15(4-9-18)5-10-19(23-12-11-22-14-23)17-6-1-16(13-21)2-7-17/h2*1-4,6-9,11-12,14,19H,5,10H2. The van der Waals surface area contributed by atoms with Crippen LogP contribution in [0.15, 0.2) is 135 Å². The minimum atomic E-state index is -0.216. The second-order valence-electron chi connectivity index (χ2n) is 10.8. The highest BCUT2D eigenvalue weighted by Crippen LogP contribution is 2.26. The SMILES string of the molecule is N#Cc1ccc(C(CCc2ccc(F)cc2)n2ccnc2)cc1.N#Cc1ccc(C(CCc2ccc(F)cc2)n2ccnc2)cc1. The molecule has 228 valence electrons. The third-order valence-electron chi connectivity index (χ3n) is 7.86. The molecule has 4 aromatic carbocycles. The van der Waals surface area contributed by atoms with Crippen molar-refractivity contribution in [1.82, 2.24) is 19.1 Å². The summed E-state index contributed by atoms with van der Waals surface area (Å²) >= 11 is 0. The van der Waals surface area contributed by atoms with Crippen LogP contribution in [0.3, 0.4) is 0 Å². The molecule has 0 saturated heterocycles. The molecule has 0 spiro atoms. The fourth-order valence-electron chi connectivity index (χ4n) is 5.35. The molecule has 0 N–H and O–H groups in total. The van der Waals surface area contributed by atoms with Gasteiger partial charge in [-0.2, -0.15) is 10.5 Å². The summed E-state index contributed by atoms with van der Waals surface area (Å²) in [5.74, 6) is -0.431. The molecule has 0 amide bonds. The van der Waals surface area contributed by atoms with E-state index in [1.165, 1.54) is 24.3 Å². The lowest BCUT2D eigenvalue weighted by Gasteiger charge is -2.19. The van der Waals surface area contributed by atoms with Crippen molar-refractivity contribution in [2.45, 2.75) is 37.8 Å². The van der Waals surface area contributed by atoms with Crippen molar-refractivity contribution in [1.29, 1.82) is 10.5 Å². The highest BCUT2D eigenvalue weighted by Gasteiger charge is 2.15. The van der Waals surface area contributed by atoms with Crippen molar-refractivity contribution in [3.8, 4) is 12.1 Å². The number of nitriles is 2. The van der Waals surface area contributed by atoms with Crippen LogP contribution >= 0.6 is 0 Å². The van der Waals surface area contributed by atoms with E-state index < -0.39 is 0 Å². The number of rotatable bonds is 10. The van der Waals surface area contributed by atoms with Crippen LogP contribution in [0.25, 0.3) is 0 Å². The van der Waals surface area contributed by atoms with Gasteiger partial charge < -0.3 is 9.13 Å².